The van der Waals surface area contributed by atoms with Crippen molar-refractivity contribution in [2.75, 3.05) is 26.2 Å². The highest BCUT2D eigenvalue weighted by Gasteiger charge is 2.28. The summed E-state index contributed by atoms with van der Waals surface area (Å²) in [4.78, 5) is 16.8. The largest absolute Gasteiger partial charge is 0.395 e. The van der Waals surface area contributed by atoms with Crippen molar-refractivity contribution >= 4 is 5.91 Å². The number of carbonyl (C=O) groups is 1. The van der Waals surface area contributed by atoms with Crippen molar-refractivity contribution in [3.05, 3.63) is 0 Å². The molecule has 0 aromatic heterocycles. The molecule has 4 heteroatoms. The first-order chi connectivity index (χ1) is 9.60. The maximum atomic E-state index is 12.6. The summed E-state index contributed by atoms with van der Waals surface area (Å²) in [5, 5.41) is 9.11. The fourth-order valence-corrected chi connectivity index (χ4v) is 3.27. The van der Waals surface area contributed by atoms with E-state index in [2.05, 4.69) is 30.6 Å². The molecule has 4 nitrogen and oxygen atoms in total. The van der Waals surface area contributed by atoms with Gasteiger partial charge in [0.05, 0.1) is 13.2 Å². The van der Waals surface area contributed by atoms with Gasteiger partial charge >= 0.3 is 0 Å². The minimum atomic E-state index is 0.123. The maximum absolute atomic E-state index is 12.6. The van der Waals surface area contributed by atoms with Gasteiger partial charge in [0.25, 0.3) is 0 Å². The zero-order chi connectivity index (χ0) is 15.0. The van der Waals surface area contributed by atoms with E-state index in [1.807, 2.05) is 0 Å². The topological polar surface area (TPSA) is 43.8 Å². The third-order valence-electron chi connectivity index (χ3n) is 4.13. The molecule has 1 N–H and O–H groups in total. The molecule has 0 saturated heterocycles. The summed E-state index contributed by atoms with van der Waals surface area (Å²) in [6, 6.07) is 0.692. The van der Waals surface area contributed by atoms with Crippen LogP contribution in [0, 0.1) is 0 Å². The zero-order valence-electron chi connectivity index (χ0n) is 13.5. The van der Waals surface area contributed by atoms with Crippen molar-refractivity contribution in [1.82, 2.24) is 9.80 Å². The molecule has 0 radical (unpaired) electrons. The van der Waals surface area contributed by atoms with Crippen LogP contribution in [0.2, 0.25) is 0 Å². The molecule has 0 unspecified atom stereocenters. The second kappa shape index (κ2) is 9.35. The number of hydrogen-bond donors (Lipinski definition) is 1. The molecule has 0 aromatic carbocycles. The Morgan fingerprint density at radius 3 is 2.35 bits per heavy atom. The van der Waals surface area contributed by atoms with Gasteiger partial charge in [0.1, 0.15) is 0 Å². The summed E-state index contributed by atoms with van der Waals surface area (Å²) < 4.78 is 0. The smallest absolute Gasteiger partial charge is 0.237 e. The fraction of sp³-hybridized carbons (Fsp3) is 0.938. The van der Waals surface area contributed by atoms with E-state index in [-0.39, 0.29) is 18.6 Å². The molecule has 1 saturated carbocycles. The van der Waals surface area contributed by atoms with E-state index >= 15 is 0 Å². The number of hydrogen-bond acceptors (Lipinski definition) is 3. The monoisotopic (exact) mass is 284 g/mol. The molecule has 1 aliphatic carbocycles. The number of carbonyl (C=O) groups excluding carboxylic acids is 1. The van der Waals surface area contributed by atoms with Gasteiger partial charge in [0.15, 0.2) is 0 Å². The normalized spacial score (nSPS) is 16.9. The summed E-state index contributed by atoms with van der Waals surface area (Å²) in [6.45, 7) is 8.38. The van der Waals surface area contributed by atoms with E-state index in [0.717, 1.165) is 25.8 Å². The van der Waals surface area contributed by atoms with Gasteiger partial charge in [-0.15, -0.1) is 0 Å². The van der Waals surface area contributed by atoms with Gasteiger partial charge in [-0.05, 0) is 39.7 Å². The van der Waals surface area contributed by atoms with Crippen molar-refractivity contribution in [2.24, 2.45) is 0 Å². The van der Waals surface area contributed by atoms with E-state index in [9.17, 15) is 4.79 Å². The number of amides is 1. The molecule has 0 heterocycles. The summed E-state index contributed by atoms with van der Waals surface area (Å²) >= 11 is 0. The molecule has 1 rings (SSSR count). The lowest BCUT2D eigenvalue weighted by Crippen LogP contribution is -2.50. The number of aliphatic hydroxyl groups is 1. The van der Waals surface area contributed by atoms with E-state index in [1.54, 1.807) is 0 Å². The SMILES string of the molecule is CCCN(CCO)CC(=O)N(C(C)C)C1CCCCC1. The molecule has 1 amide bonds. The molecule has 0 spiro atoms. The number of aliphatic hydroxyl groups excluding tert-OH is 1. The predicted molar refractivity (Wildman–Crippen MR) is 82.7 cm³/mol. The van der Waals surface area contributed by atoms with Crippen molar-refractivity contribution in [3.63, 3.8) is 0 Å². The summed E-state index contributed by atoms with van der Waals surface area (Å²) in [6.07, 6.45) is 7.11. The summed E-state index contributed by atoms with van der Waals surface area (Å²) in [7, 11) is 0. The lowest BCUT2D eigenvalue weighted by atomic mass is 9.93. The van der Waals surface area contributed by atoms with Crippen LogP contribution in [0.3, 0.4) is 0 Å². The van der Waals surface area contributed by atoms with Crippen LogP contribution in [0.5, 0.6) is 0 Å². The van der Waals surface area contributed by atoms with Crippen LogP contribution in [0.4, 0.5) is 0 Å². The minimum Gasteiger partial charge on any atom is -0.395 e. The second-order valence-corrected chi connectivity index (χ2v) is 6.19. The lowest BCUT2D eigenvalue weighted by Gasteiger charge is -2.38. The molecular weight excluding hydrogens is 252 g/mol. The first-order valence-electron chi connectivity index (χ1n) is 8.24. The molecule has 1 fully saturated rings. The van der Waals surface area contributed by atoms with Gasteiger partial charge in [-0.25, -0.2) is 0 Å². The molecule has 0 aliphatic heterocycles. The molecule has 0 atom stereocenters. The van der Waals surface area contributed by atoms with Crippen LogP contribution in [0.1, 0.15) is 59.3 Å². The highest BCUT2D eigenvalue weighted by molar-refractivity contribution is 5.79. The van der Waals surface area contributed by atoms with Crippen LogP contribution in [0.15, 0.2) is 0 Å². The molecule has 1 aliphatic rings. The Hall–Kier alpha value is -0.610. The Labute approximate surface area is 124 Å². The molecular formula is C16H32N2O2. The van der Waals surface area contributed by atoms with Gasteiger partial charge in [-0.1, -0.05) is 26.2 Å². The third-order valence-corrected chi connectivity index (χ3v) is 4.13. The Bertz CT molecular complexity index is 270. The van der Waals surface area contributed by atoms with Gasteiger partial charge in [-0.3, -0.25) is 9.69 Å². The van der Waals surface area contributed by atoms with Gasteiger partial charge in [0.2, 0.25) is 5.91 Å². The van der Waals surface area contributed by atoms with Gasteiger partial charge < -0.3 is 10.0 Å². The van der Waals surface area contributed by atoms with Crippen LogP contribution >= 0.6 is 0 Å². The Morgan fingerprint density at radius 1 is 1.20 bits per heavy atom. The highest BCUT2D eigenvalue weighted by Crippen LogP contribution is 2.24. The minimum absolute atomic E-state index is 0.123. The Balaban J connectivity index is 2.62. The first kappa shape index (κ1) is 17.4. The first-order valence-corrected chi connectivity index (χ1v) is 8.24. The number of rotatable bonds is 8. The average molecular weight is 284 g/mol. The maximum Gasteiger partial charge on any atom is 0.237 e. The lowest BCUT2D eigenvalue weighted by molar-refractivity contribution is -0.137. The van der Waals surface area contributed by atoms with Crippen molar-refractivity contribution < 1.29 is 9.90 Å². The van der Waals surface area contributed by atoms with Crippen LogP contribution < -0.4 is 0 Å². The van der Waals surface area contributed by atoms with Crippen LogP contribution in [-0.2, 0) is 4.79 Å². The van der Waals surface area contributed by atoms with Crippen molar-refractivity contribution in [3.8, 4) is 0 Å². The van der Waals surface area contributed by atoms with Gasteiger partial charge in [-0.2, -0.15) is 0 Å². The van der Waals surface area contributed by atoms with E-state index < -0.39 is 0 Å². The zero-order valence-corrected chi connectivity index (χ0v) is 13.5. The number of nitrogens with zero attached hydrogens (tertiary/aromatic N) is 2. The quantitative estimate of drug-likeness (QED) is 0.743. The molecule has 0 aromatic rings. The average Bonchev–Trinajstić information content (AvgIpc) is 2.40. The van der Waals surface area contributed by atoms with Gasteiger partial charge in [0, 0.05) is 18.6 Å². The van der Waals surface area contributed by atoms with Crippen molar-refractivity contribution in [1.29, 1.82) is 0 Å². The predicted octanol–water partition coefficient (Wildman–Crippen LogP) is 2.26. The van der Waals surface area contributed by atoms with Crippen LogP contribution in [-0.4, -0.2) is 59.1 Å². The Kier molecular flexibility index (Phi) is 8.15. The molecule has 20 heavy (non-hydrogen) atoms. The standard InChI is InChI=1S/C16H32N2O2/c1-4-10-17(11-12-19)13-16(20)18(14(2)3)15-8-6-5-7-9-15/h14-15,19H,4-13H2,1-3H3. The highest BCUT2D eigenvalue weighted by atomic mass is 16.3. The van der Waals surface area contributed by atoms with E-state index in [1.165, 1.54) is 19.3 Å². The second-order valence-electron chi connectivity index (χ2n) is 6.19. The Morgan fingerprint density at radius 2 is 1.85 bits per heavy atom. The summed E-state index contributed by atoms with van der Waals surface area (Å²) in [5.41, 5.74) is 0. The van der Waals surface area contributed by atoms with E-state index in [4.69, 9.17) is 5.11 Å². The van der Waals surface area contributed by atoms with Crippen molar-refractivity contribution in [2.45, 2.75) is 71.4 Å². The molecule has 0 bridgehead atoms. The summed E-state index contributed by atoms with van der Waals surface area (Å²) in [5.74, 6) is 0.230. The third kappa shape index (κ3) is 5.41. The van der Waals surface area contributed by atoms with Crippen LogP contribution in [0.25, 0.3) is 0 Å². The van der Waals surface area contributed by atoms with E-state index in [0.29, 0.717) is 19.1 Å². The molecule has 118 valence electrons. The fourth-order valence-electron chi connectivity index (χ4n) is 3.27.